The second kappa shape index (κ2) is 14.2. The third-order valence-corrected chi connectivity index (χ3v) is 4.46. The fourth-order valence-electron chi connectivity index (χ4n) is 2.71. The van der Waals surface area contributed by atoms with Gasteiger partial charge in [-0.05, 0) is 44.9 Å². The third-order valence-electron chi connectivity index (χ3n) is 4.46. The summed E-state index contributed by atoms with van der Waals surface area (Å²) in [5.41, 5.74) is 0.781. The van der Waals surface area contributed by atoms with Crippen molar-refractivity contribution in [2.75, 3.05) is 26.8 Å². The summed E-state index contributed by atoms with van der Waals surface area (Å²) in [6.45, 7) is 7.89. The van der Waals surface area contributed by atoms with Crippen molar-refractivity contribution in [3.8, 4) is 5.75 Å². The topological polar surface area (TPSA) is 106 Å². The number of nitrogens with zero attached hydrogens (tertiary/aromatic N) is 4. The molecule has 1 aromatic carbocycles. The van der Waals surface area contributed by atoms with Crippen LogP contribution in [0.3, 0.4) is 0 Å². The number of hydrogen-bond donors (Lipinski definition) is 3. The van der Waals surface area contributed by atoms with Gasteiger partial charge in [0.1, 0.15) is 18.1 Å². The van der Waals surface area contributed by atoms with E-state index >= 15 is 0 Å². The highest BCUT2D eigenvalue weighted by atomic mass is 127. The van der Waals surface area contributed by atoms with Crippen molar-refractivity contribution in [3.05, 3.63) is 41.5 Å². The Morgan fingerprint density at radius 2 is 2.03 bits per heavy atom. The van der Waals surface area contributed by atoms with Gasteiger partial charge in [-0.3, -0.25) is 0 Å². The number of aryl methyl sites for hydroxylation is 1. The summed E-state index contributed by atoms with van der Waals surface area (Å²) < 4.78 is 12.7. The number of guanidine groups is 1. The van der Waals surface area contributed by atoms with Gasteiger partial charge in [-0.2, -0.15) is 0 Å². The zero-order valence-electron chi connectivity index (χ0n) is 19.0. The molecule has 0 saturated heterocycles. The summed E-state index contributed by atoms with van der Waals surface area (Å²) in [6.07, 6.45) is 0.218. The third kappa shape index (κ3) is 9.40. The first kappa shape index (κ1) is 27.1. The normalized spacial score (nSPS) is 12.4. The van der Waals surface area contributed by atoms with E-state index in [-0.39, 0.29) is 30.1 Å². The van der Waals surface area contributed by atoms with E-state index < -0.39 is 6.10 Å². The van der Waals surface area contributed by atoms with Gasteiger partial charge in [0, 0.05) is 33.9 Å². The summed E-state index contributed by atoms with van der Waals surface area (Å²) >= 11 is 0. The summed E-state index contributed by atoms with van der Waals surface area (Å²) in [5, 5.41) is 25.3. The van der Waals surface area contributed by atoms with Crippen molar-refractivity contribution in [3.63, 3.8) is 0 Å². The van der Waals surface area contributed by atoms with Crippen LogP contribution < -0.4 is 15.4 Å². The number of methoxy groups -OCH3 is 1. The molecule has 1 atom stereocenters. The van der Waals surface area contributed by atoms with Crippen LogP contribution in [-0.2, 0) is 18.3 Å². The zero-order valence-corrected chi connectivity index (χ0v) is 21.3. The Kier molecular flexibility index (Phi) is 12.4. The van der Waals surface area contributed by atoms with Gasteiger partial charge in [-0.15, -0.1) is 34.2 Å². The average molecular weight is 546 g/mol. The van der Waals surface area contributed by atoms with Crippen molar-refractivity contribution in [1.29, 1.82) is 0 Å². The minimum absolute atomic E-state index is 0. The summed E-state index contributed by atoms with van der Waals surface area (Å²) in [6, 6.07) is 7.50. The minimum Gasteiger partial charge on any atom is -0.491 e. The van der Waals surface area contributed by atoms with E-state index in [0.29, 0.717) is 32.2 Å². The number of rotatable bonds is 11. The fraction of sp³-hybridized carbons (Fsp3) is 0.571. The van der Waals surface area contributed by atoms with Crippen LogP contribution >= 0.6 is 24.0 Å². The molecule has 10 heteroatoms. The number of benzene rings is 1. The number of aliphatic imine (C=N–C) groups is 1. The number of aromatic nitrogens is 3. The number of ether oxygens (including phenoxy) is 2. The number of hydrogen-bond acceptors (Lipinski definition) is 6. The first-order valence-electron chi connectivity index (χ1n) is 10.2. The smallest absolute Gasteiger partial charge is 0.191 e. The van der Waals surface area contributed by atoms with Crippen LogP contribution in [0.15, 0.2) is 29.3 Å². The van der Waals surface area contributed by atoms with Crippen LogP contribution in [0.1, 0.15) is 43.6 Å². The van der Waals surface area contributed by atoms with Gasteiger partial charge in [0.05, 0.1) is 12.2 Å². The molecular formula is C21H35IN6O3. The lowest BCUT2D eigenvalue weighted by molar-refractivity contribution is 0.179. The van der Waals surface area contributed by atoms with Crippen LogP contribution in [0.4, 0.5) is 0 Å². The molecule has 2 aromatic rings. The fourth-order valence-corrected chi connectivity index (χ4v) is 2.71. The molecule has 0 saturated carbocycles. The Labute approximate surface area is 201 Å². The Bertz CT molecular complexity index is 812. The molecule has 1 aromatic heterocycles. The first-order valence-corrected chi connectivity index (χ1v) is 10.2. The van der Waals surface area contributed by atoms with Gasteiger partial charge >= 0.3 is 0 Å². The van der Waals surface area contributed by atoms with Crippen LogP contribution in [0.5, 0.6) is 5.75 Å². The van der Waals surface area contributed by atoms with E-state index in [0.717, 1.165) is 29.4 Å². The van der Waals surface area contributed by atoms with Crippen molar-refractivity contribution >= 4 is 29.9 Å². The minimum atomic E-state index is -0.705. The van der Waals surface area contributed by atoms with Gasteiger partial charge < -0.3 is 29.8 Å². The van der Waals surface area contributed by atoms with Crippen LogP contribution in [0.25, 0.3) is 0 Å². The molecule has 174 valence electrons. The van der Waals surface area contributed by atoms with E-state index in [9.17, 15) is 5.11 Å². The number of halogens is 1. The summed E-state index contributed by atoms with van der Waals surface area (Å²) in [7, 11) is 3.59. The molecule has 0 aliphatic rings. The zero-order chi connectivity index (χ0) is 21.9. The van der Waals surface area contributed by atoms with Crippen LogP contribution in [0.2, 0.25) is 0 Å². The van der Waals surface area contributed by atoms with Crippen molar-refractivity contribution in [2.45, 2.75) is 45.9 Å². The first-order chi connectivity index (χ1) is 14.4. The molecule has 0 aliphatic carbocycles. The molecule has 9 nitrogen and oxygen atoms in total. The predicted octanol–water partition coefficient (Wildman–Crippen LogP) is 2.33. The van der Waals surface area contributed by atoms with Gasteiger partial charge in [-0.25, -0.2) is 4.99 Å². The lowest BCUT2D eigenvalue weighted by Crippen LogP contribution is -2.40. The molecule has 1 heterocycles. The van der Waals surface area contributed by atoms with Gasteiger partial charge in [0.15, 0.2) is 11.8 Å². The Balaban J connectivity index is 0.00000480. The van der Waals surface area contributed by atoms with Gasteiger partial charge in [-0.1, -0.05) is 12.1 Å². The van der Waals surface area contributed by atoms with Gasteiger partial charge in [0.25, 0.3) is 0 Å². The second-order valence-corrected chi connectivity index (χ2v) is 7.30. The Morgan fingerprint density at radius 1 is 1.26 bits per heavy atom. The van der Waals surface area contributed by atoms with Crippen molar-refractivity contribution in [1.82, 2.24) is 25.4 Å². The van der Waals surface area contributed by atoms with Crippen LogP contribution in [0, 0.1) is 6.92 Å². The van der Waals surface area contributed by atoms with E-state index in [1.54, 1.807) is 7.11 Å². The molecule has 2 rings (SSSR count). The van der Waals surface area contributed by atoms with Crippen LogP contribution in [-0.4, -0.2) is 58.7 Å². The molecule has 0 fully saturated rings. The Morgan fingerprint density at radius 3 is 2.68 bits per heavy atom. The van der Waals surface area contributed by atoms with E-state index in [4.69, 9.17) is 9.47 Å². The maximum absolute atomic E-state index is 10.6. The quantitative estimate of drug-likeness (QED) is 0.172. The second-order valence-electron chi connectivity index (χ2n) is 7.30. The Hall–Kier alpha value is -1.92. The van der Waals surface area contributed by atoms with E-state index in [1.165, 1.54) is 0 Å². The maximum atomic E-state index is 10.6. The SMILES string of the molecule is COCCCNC(=NCc1nnc(C)n1C)NCC(O)c1cccc(OC(C)C)c1.I. The maximum Gasteiger partial charge on any atom is 0.191 e. The molecule has 0 spiro atoms. The average Bonchev–Trinajstić information content (AvgIpc) is 3.04. The largest absolute Gasteiger partial charge is 0.491 e. The highest BCUT2D eigenvalue weighted by molar-refractivity contribution is 14.0. The molecular weight excluding hydrogens is 511 g/mol. The van der Waals surface area contributed by atoms with Gasteiger partial charge in [0.2, 0.25) is 0 Å². The van der Waals surface area contributed by atoms with E-state index in [1.807, 2.05) is 56.7 Å². The molecule has 3 N–H and O–H groups in total. The molecule has 31 heavy (non-hydrogen) atoms. The molecule has 1 unspecified atom stereocenters. The lowest BCUT2D eigenvalue weighted by Gasteiger charge is -2.17. The molecule has 0 radical (unpaired) electrons. The number of aliphatic hydroxyl groups is 1. The molecule has 0 amide bonds. The predicted molar refractivity (Wildman–Crippen MR) is 132 cm³/mol. The lowest BCUT2D eigenvalue weighted by atomic mass is 10.1. The monoisotopic (exact) mass is 546 g/mol. The molecule has 0 bridgehead atoms. The van der Waals surface area contributed by atoms with Crippen molar-refractivity contribution in [2.24, 2.45) is 12.0 Å². The molecule has 0 aliphatic heterocycles. The van der Waals surface area contributed by atoms with E-state index in [2.05, 4.69) is 25.8 Å². The number of nitrogens with one attached hydrogen (secondary N) is 2. The number of aliphatic hydroxyl groups excluding tert-OH is 1. The highest BCUT2D eigenvalue weighted by Crippen LogP contribution is 2.19. The highest BCUT2D eigenvalue weighted by Gasteiger charge is 2.11. The summed E-state index contributed by atoms with van der Waals surface area (Å²) in [5.74, 6) is 2.94. The summed E-state index contributed by atoms with van der Waals surface area (Å²) in [4.78, 5) is 4.58. The standard InChI is InChI=1S/C21H34N6O3.HI/c1-15(2)30-18-9-6-8-17(12-18)19(28)13-23-21(22-10-7-11-29-5)24-14-20-26-25-16(3)27(20)4;/h6,8-9,12,15,19,28H,7,10-11,13-14H2,1-5H3,(H2,22,23,24);1H. The van der Waals surface area contributed by atoms with Crippen molar-refractivity contribution < 1.29 is 14.6 Å².